The van der Waals surface area contributed by atoms with Crippen LogP contribution in [0.15, 0.2) is 0 Å². The fraction of sp³-hybridized carbons (Fsp3) is 1.00. The topological polar surface area (TPSA) is 27.7 Å². The Morgan fingerprint density at radius 1 is 0.349 bits per heavy atom. The second-order valence-corrected chi connectivity index (χ2v) is 18.3. The summed E-state index contributed by atoms with van der Waals surface area (Å²) in [7, 11) is -1.20. The Bertz CT molecular complexity index is 455. The van der Waals surface area contributed by atoms with Crippen molar-refractivity contribution in [2.45, 2.75) is 157 Å². The van der Waals surface area contributed by atoms with E-state index in [1.807, 2.05) is 0 Å². The molecule has 0 amide bonds. The van der Waals surface area contributed by atoms with Gasteiger partial charge in [0.25, 0.3) is 0 Å². The maximum atomic E-state index is 6.12. The number of hydrogen-bond acceptors (Lipinski definition) is 6. The summed E-state index contributed by atoms with van der Waals surface area (Å²) in [4.78, 5) is 0. The van der Waals surface area contributed by atoms with Crippen LogP contribution in [0.5, 0.6) is 0 Å². The molecule has 0 aromatic carbocycles. The Balaban J connectivity index is 3.94. The van der Waals surface area contributed by atoms with Crippen LogP contribution in [0.4, 0.5) is 0 Å². The zero-order chi connectivity index (χ0) is 31.6. The maximum Gasteiger partial charge on any atom is 0.332 e. The predicted octanol–water partition coefficient (Wildman–Crippen LogP) is 13.5. The van der Waals surface area contributed by atoms with Gasteiger partial charge in [-0.15, -0.1) is 0 Å². The lowest BCUT2D eigenvalue weighted by Crippen LogP contribution is -2.01. The third kappa shape index (κ3) is 39.5. The molecule has 0 fully saturated rings. The Morgan fingerprint density at radius 3 is 0.860 bits per heavy atom. The molecule has 0 rings (SSSR count). The Hall–Kier alpha value is 1.36. The standard InChI is InChI=1S/C36H75O3PS3/c1-34(2)22-10-7-16-28-41-31-19-13-25-37-40(38-26-14-20-32-42-29-17-8-11-23-35(3)4)39-27-15-21-33-43-30-18-9-12-24-36(5)6/h34-36H,7-33H2,1-6H3. The fourth-order valence-electron chi connectivity index (χ4n) is 4.55. The second kappa shape index (κ2) is 36.2. The summed E-state index contributed by atoms with van der Waals surface area (Å²) in [5, 5.41) is 0. The van der Waals surface area contributed by atoms with Gasteiger partial charge >= 0.3 is 8.60 Å². The molecule has 0 saturated heterocycles. The van der Waals surface area contributed by atoms with Gasteiger partial charge < -0.3 is 13.6 Å². The molecular formula is C36H75O3PS3. The van der Waals surface area contributed by atoms with Gasteiger partial charge in [-0.05, 0) is 110 Å². The summed E-state index contributed by atoms with van der Waals surface area (Å²) in [5.74, 6) is 10.2. The lowest BCUT2D eigenvalue weighted by Gasteiger charge is -2.17. The molecule has 0 aliphatic carbocycles. The third-order valence-electron chi connectivity index (χ3n) is 7.35. The molecule has 0 radical (unpaired) electrons. The van der Waals surface area contributed by atoms with E-state index in [1.165, 1.54) is 131 Å². The van der Waals surface area contributed by atoms with Crippen molar-refractivity contribution in [1.29, 1.82) is 0 Å². The average molecular weight is 683 g/mol. The summed E-state index contributed by atoms with van der Waals surface area (Å²) in [6.45, 7) is 16.3. The molecule has 0 heterocycles. The largest absolute Gasteiger partial charge is 0.332 e. The Morgan fingerprint density at radius 2 is 0.605 bits per heavy atom. The molecule has 43 heavy (non-hydrogen) atoms. The van der Waals surface area contributed by atoms with Crippen LogP contribution in [0.25, 0.3) is 0 Å². The van der Waals surface area contributed by atoms with Gasteiger partial charge in [-0.3, -0.25) is 0 Å². The molecule has 0 unspecified atom stereocenters. The van der Waals surface area contributed by atoms with Crippen LogP contribution in [0.3, 0.4) is 0 Å². The SMILES string of the molecule is CC(C)CCCCCSCCCCOP(OCCCCSCCCCCC(C)C)OCCCCSCCCCCC(C)C. The Labute approximate surface area is 285 Å². The van der Waals surface area contributed by atoms with E-state index < -0.39 is 8.60 Å². The zero-order valence-corrected chi connectivity index (χ0v) is 33.1. The summed E-state index contributed by atoms with van der Waals surface area (Å²) in [5.41, 5.74) is 0. The van der Waals surface area contributed by atoms with Crippen molar-refractivity contribution in [2.75, 3.05) is 54.3 Å². The van der Waals surface area contributed by atoms with Gasteiger partial charge in [-0.2, -0.15) is 35.3 Å². The van der Waals surface area contributed by atoms with Crippen molar-refractivity contribution in [1.82, 2.24) is 0 Å². The molecule has 0 atom stereocenters. The number of thioether (sulfide) groups is 3. The molecule has 0 aromatic heterocycles. The van der Waals surface area contributed by atoms with Crippen LogP contribution >= 0.6 is 43.9 Å². The normalized spacial score (nSPS) is 12.1. The molecule has 0 bridgehead atoms. The first kappa shape index (κ1) is 44.4. The minimum atomic E-state index is -1.20. The van der Waals surface area contributed by atoms with Gasteiger partial charge in [0.1, 0.15) is 0 Å². The van der Waals surface area contributed by atoms with Crippen LogP contribution in [-0.2, 0) is 13.6 Å². The monoisotopic (exact) mass is 682 g/mol. The van der Waals surface area contributed by atoms with Crippen LogP contribution in [0.1, 0.15) is 157 Å². The highest BCUT2D eigenvalue weighted by molar-refractivity contribution is 7.99. The van der Waals surface area contributed by atoms with Crippen molar-refractivity contribution >= 4 is 43.9 Å². The number of rotatable bonds is 36. The predicted molar refractivity (Wildman–Crippen MR) is 204 cm³/mol. The number of hydrogen-bond donors (Lipinski definition) is 0. The van der Waals surface area contributed by atoms with Crippen LogP contribution in [0, 0.1) is 17.8 Å². The highest BCUT2D eigenvalue weighted by Gasteiger charge is 2.12. The van der Waals surface area contributed by atoms with E-state index in [2.05, 4.69) is 76.8 Å². The number of unbranched alkanes of at least 4 members (excludes halogenated alkanes) is 9. The van der Waals surface area contributed by atoms with E-state index in [0.717, 1.165) is 56.8 Å². The first-order chi connectivity index (χ1) is 20.9. The zero-order valence-electron chi connectivity index (χ0n) is 29.7. The lowest BCUT2D eigenvalue weighted by atomic mass is 10.1. The van der Waals surface area contributed by atoms with Gasteiger partial charge in [0.05, 0.1) is 19.8 Å². The van der Waals surface area contributed by atoms with Gasteiger partial charge in [-0.25, -0.2) is 0 Å². The minimum absolute atomic E-state index is 0.764. The molecule has 0 aliphatic heterocycles. The second-order valence-electron chi connectivity index (χ2n) is 13.4. The molecule has 260 valence electrons. The average Bonchev–Trinajstić information content (AvgIpc) is 2.96. The molecule has 0 aromatic rings. The van der Waals surface area contributed by atoms with Gasteiger partial charge in [0.2, 0.25) is 0 Å². The van der Waals surface area contributed by atoms with E-state index >= 15 is 0 Å². The summed E-state index contributed by atoms with van der Waals surface area (Å²) >= 11 is 6.34. The van der Waals surface area contributed by atoms with E-state index in [4.69, 9.17) is 13.6 Å². The molecule has 3 nitrogen and oxygen atoms in total. The summed E-state index contributed by atoms with van der Waals surface area (Å²) in [6.07, 6.45) is 23.6. The van der Waals surface area contributed by atoms with Gasteiger partial charge in [-0.1, -0.05) is 99.3 Å². The van der Waals surface area contributed by atoms with E-state index in [0.29, 0.717) is 0 Å². The highest BCUT2D eigenvalue weighted by atomic mass is 32.2. The maximum absolute atomic E-state index is 6.12. The summed E-state index contributed by atoms with van der Waals surface area (Å²) < 4.78 is 18.4. The molecule has 0 spiro atoms. The third-order valence-corrected chi connectivity index (χ3v) is 12.0. The van der Waals surface area contributed by atoms with Crippen LogP contribution < -0.4 is 0 Å². The van der Waals surface area contributed by atoms with Gasteiger partial charge in [0, 0.05) is 0 Å². The van der Waals surface area contributed by atoms with Crippen molar-refractivity contribution in [2.24, 2.45) is 17.8 Å². The molecule has 0 N–H and O–H groups in total. The highest BCUT2D eigenvalue weighted by Crippen LogP contribution is 2.40. The van der Waals surface area contributed by atoms with E-state index in [-0.39, 0.29) is 0 Å². The first-order valence-electron chi connectivity index (χ1n) is 18.3. The minimum Gasteiger partial charge on any atom is -0.312 e. The molecule has 0 aliphatic rings. The fourth-order valence-corrected chi connectivity index (χ4v) is 8.67. The molecule has 7 heteroatoms. The van der Waals surface area contributed by atoms with Crippen molar-refractivity contribution in [3.05, 3.63) is 0 Å². The summed E-state index contributed by atoms with van der Waals surface area (Å²) in [6, 6.07) is 0. The Kier molecular flexibility index (Phi) is 37.3. The van der Waals surface area contributed by atoms with E-state index in [1.54, 1.807) is 0 Å². The van der Waals surface area contributed by atoms with Crippen molar-refractivity contribution in [3.8, 4) is 0 Å². The van der Waals surface area contributed by atoms with Crippen molar-refractivity contribution < 1.29 is 13.6 Å². The molecular weight excluding hydrogens is 608 g/mol. The van der Waals surface area contributed by atoms with Crippen molar-refractivity contribution in [3.63, 3.8) is 0 Å². The lowest BCUT2D eigenvalue weighted by molar-refractivity contribution is 0.156. The van der Waals surface area contributed by atoms with Crippen LogP contribution in [0.2, 0.25) is 0 Å². The quantitative estimate of drug-likeness (QED) is 0.0482. The smallest absolute Gasteiger partial charge is 0.312 e. The van der Waals surface area contributed by atoms with Crippen LogP contribution in [-0.4, -0.2) is 54.3 Å². The van der Waals surface area contributed by atoms with Gasteiger partial charge in [0.15, 0.2) is 0 Å². The molecule has 0 saturated carbocycles. The first-order valence-corrected chi connectivity index (χ1v) is 22.9. The van der Waals surface area contributed by atoms with E-state index in [9.17, 15) is 0 Å².